The molecule has 7 heteroatoms. The highest BCUT2D eigenvalue weighted by molar-refractivity contribution is 8.02. The van der Waals surface area contributed by atoms with E-state index in [0.29, 0.717) is 3.95 Å². The Kier molecular flexibility index (Phi) is 6.16. The molecule has 0 aliphatic rings. The van der Waals surface area contributed by atoms with E-state index in [1.54, 1.807) is 4.68 Å². The molecule has 4 nitrogen and oxygen atoms in total. The molecule has 0 bridgehead atoms. The first-order valence-corrected chi connectivity index (χ1v) is 9.28. The topological polar surface area (TPSA) is 38.1 Å². The first-order valence-electron chi connectivity index (χ1n) is 7.17. The predicted molar refractivity (Wildman–Crippen MR) is 95.5 cm³/mol. The molecule has 2 aromatic rings. The lowest BCUT2D eigenvalue weighted by atomic mass is 10.3. The number of carbonyl (C=O) groups excluding carboxylic acids is 1. The maximum Gasteiger partial charge on any atom is 0.235 e. The molecule has 1 heterocycles. The summed E-state index contributed by atoms with van der Waals surface area (Å²) in [5.74, 6) is 0.141. The van der Waals surface area contributed by atoms with E-state index in [0.717, 1.165) is 23.1 Å². The summed E-state index contributed by atoms with van der Waals surface area (Å²) < 4.78 is 3.26. The van der Waals surface area contributed by atoms with Gasteiger partial charge in [-0.25, -0.2) is 4.68 Å². The van der Waals surface area contributed by atoms with Gasteiger partial charge in [-0.1, -0.05) is 41.3 Å². The van der Waals surface area contributed by atoms with E-state index in [9.17, 15) is 4.79 Å². The number of rotatable bonds is 6. The Morgan fingerprint density at radius 3 is 2.59 bits per heavy atom. The van der Waals surface area contributed by atoms with Crippen molar-refractivity contribution in [3.8, 4) is 5.69 Å². The number of benzene rings is 1. The summed E-state index contributed by atoms with van der Waals surface area (Å²) in [6, 6.07) is 9.80. The zero-order valence-corrected chi connectivity index (χ0v) is 15.3. The number of aromatic nitrogens is 2. The maximum atomic E-state index is 12.3. The van der Waals surface area contributed by atoms with Crippen LogP contribution in [0, 0.1) is 3.95 Å². The van der Waals surface area contributed by atoms with Crippen molar-refractivity contribution >= 4 is 41.2 Å². The van der Waals surface area contributed by atoms with Gasteiger partial charge in [-0.05, 0) is 45.1 Å². The Hall–Kier alpha value is -1.18. The van der Waals surface area contributed by atoms with Crippen molar-refractivity contribution in [1.29, 1.82) is 0 Å². The minimum absolute atomic E-state index is 0.141. The molecule has 118 valence electrons. The molecule has 0 fully saturated rings. The van der Waals surface area contributed by atoms with Gasteiger partial charge in [0.15, 0.2) is 8.29 Å². The second-order valence-corrected chi connectivity index (χ2v) is 7.86. The van der Waals surface area contributed by atoms with Crippen molar-refractivity contribution in [2.45, 2.75) is 30.4 Å². The van der Waals surface area contributed by atoms with Gasteiger partial charge in [0.05, 0.1) is 10.9 Å². The van der Waals surface area contributed by atoms with Gasteiger partial charge in [0.2, 0.25) is 5.91 Å². The van der Waals surface area contributed by atoms with Gasteiger partial charge in [0.25, 0.3) is 0 Å². The Balaban J connectivity index is 2.15. The number of hydrogen-bond acceptors (Lipinski definition) is 5. The van der Waals surface area contributed by atoms with E-state index >= 15 is 0 Å². The van der Waals surface area contributed by atoms with Crippen molar-refractivity contribution in [2.75, 3.05) is 13.1 Å². The monoisotopic (exact) mass is 353 g/mol. The first kappa shape index (κ1) is 17.2. The van der Waals surface area contributed by atoms with Crippen LogP contribution in [0.3, 0.4) is 0 Å². The van der Waals surface area contributed by atoms with E-state index in [2.05, 4.69) is 5.10 Å². The standard InChI is InChI=1S/C15H19N3OS3/c1-4-17(5-2)13(19)11(3)21-14-16-18(15(20)22-14)12-9-7-6-8-10-12/h6-11H,4-5H2,1-3H3. The molecule has 1 unspecified atom stereocenters. The third-order valence-electron chi connectivity index (χ3n) is 3.23. The van der Waals surface area contributed by atoms with Crippen molar-refractivity contribution in [3.63, 3.8) is 0 Å². The van der Waals surface area contributed by atoms with Crippen LogP contribution in [0.4, 0.5) is 0 Å². The Bertz CT molecular complexity index is 677. The van der Waals surface area contributed by atoms with Crippen molar-refractivity contribution in [1.82, 2.24) is 14.7 Å². The van der Waals surface area contributed by atoms with Crippen LogP contribution in [0.15, 0.2) is 34.7 Å². The normalized spacial score (nSPS) is 12.1. The van der Waals surface area contributed by atoms with Gasteiger partial charge in [-0.15, -0.1) is 5.10 Å². The molecule has 1 aromatic carbocycles. The first-order chi connectivity index (χ1) is 10.6. The lowest BCUT2D eigenvalue weighted by Crippen LogP contribution is -2.36. The van der Waals surface area contributed by atoms with E-state index < -0.39 is 0 Å². The molecule has 22 heavy (non-hydrogen) atoms. The molecule has 0 saturated heterocycles. The van der Waals surface area contributed by atoms with E-state index in [1.807, 2.05) is 56.0 Å². The summed E-state index contributed by atoms with van der Waals surface area (Å²) in [5.41, 5.74) is 0.943. The van der Waals surface area contributed by atoms with Crippen LogP contribution in [0.5, 0.6) is 0 Å². The van der Waals surface area contributed by atoms with Gasteiger partial charge in [-0.3, -0.25) is 4.79 Å². The minimum atomic E-state index is -0.162. The summed E-state index contributed by atoms with van der Waals surface area (Å²) in [4.78, 5) is 14.2. The average molecular weight is 354 g/mol. The second kappa shape index (κ2) is 7.89. The van der Waals surface area contributed by atoms with Crippen LogP contribution in [0.25, 0.3) is 5.69 Å². The van der Waals surface area contributed by atoms with Gasteiger partial charge in [-0.2, -0.15) is 0 Å². The second-order valence-electron chi connectivity index (χ2n) is 4.65. The third kappa shape index (κ3) is 3.97. The van der Waals surface area contributed by atoms with Crippen molar-refractivity contribution in [3.05, 3.63) is 34.3 Å². The highest BCUT2D eigenvalue weighted by atomic mass is 32.2. The number of hydrogen-bond donors (Lipinski definition) is 0. The third-order valence-corrected chi connectivity index (χ3v) is 5.63. The molecule has 0 N–H and O–H groups in total. The zero-order valence-electron chi connectivity index (χ0n) is 12.9. The van der Waals surface area contributed by atoms with E-state index in [1.165, 1.54) is 23.1 Å². The fraction of sp³-hybridized carbons (Fsp3) is 0.400. The molecule has 0 spiro atoms. The van der Waals surface area contributed by atoms with Gasteiger partial charge < -0.3 is 4.90 Å². The molecule has 1 amide bonds. The summed E-state index contributed by atoms with van der Waals surface area (Å²) in [6.07, 6.45) is 0. The summed E-state index contributed by atoms with van der Waals surface area (Å²) in [5, 5.41) is 4.37. The average Bonchev–Trinajstić information content (AvgIpc) is 2.89. The molecule has 0 radical (unpaired) electrons. The molecule has 2 rings (SSSR count). The van der Waals surface area contributed by atoms with E-state index in [-0.39, 0.29) is 11.2 Å². The van der Waals surface area contributed by atoms with Gasteiger partial charge in [0, 0.05) is 13.1 Å². The summed E-state index contributed by atoms with van der Waals surface area (Å²) >= 11 is 8.29. The van der Waals surface area contributed by atoms with Crippen molar-refractivity contribution in [2.24, 2.45) is 0 Å². The quantitative estimate of drug-likeness (QED) is 0.581. The fourth-order valence-corrected chi connectivity index (χ4v) is 4.62. The van der Waals surface area contributed by atoms with Crippen LogP contribution in [0.1, 0.15) is 20.8 Å². The molecule has 1 atom stereocenters. The van der Waals surface area contributed by atoms with Crippen LogP contribution in [0.2, 0.25) is 0 Å². The minimum Gasteiger partial charge on any atom is -0.342 e. The Labute approximate surface area is 144 Å². The number of carbonyl (C=O) groups is 1. The van der Waals surface area contributed by atoms with Crippen LogP contribution >= 0.6 is 35.3 Å². The predicted octanol–water partition coefficient (Wildman–Crippen LogP) is 4.01. The van der Waals surface area contributed by atoms with Crippen molar-refractivity contribution < 1.29 is 4.79 Å². The van der Waals surface area contributed by atoms with Crippen LogP contribution in [-0.2, 0) is 4.79 Å². The molecule has 0 saturated carbocycles. The van der Waals surface area contributed by atoms with Crippen LogP contribution in [-0.4, -0.2) is 38.9 Å². The summed E-state index contributed by atoms with van der Waals surface area (Å²) in [6.45, 7) is 7.37. The molecule has 1 aromatic heterocycles. The SMILES string of the molecule is CCN(CC)C(=O)C(C)Sc1nn(-c2ccccc2)c(=S)s1. The smallest absolute Gasteiger partial charge is 0.235 e. The largest absolute Gasteiger partial charge is 0.342 e. The lowest BCUT2D eigenvalue weighted by Gasteiger charge is -2.21. The van der Waals surface area contributed by atoms with Gasteiger partial charge >= 0.3 is 0 Å². The highest BCUT2D eigenvalue weighted by Gasteiger charge is 2.21. The Morgan fingerprint density at radius 1 is 1.36 bits per heavy atom. The number of para-hydroxylation sites is 1. The van der Waals surface area contributed by atoms with E-state index in [4.69, 9.17) is 12.2 Å². The fourth-order valence-electron chi connectivity index (χ4n) is 2.03. The maximum absolute atomic E-state index is 12.3. The molecule has 0 aliphatic carbocycles. The number of thioether (sulfide) groups is 1. The Morgan fingerprint density at radius 2 is 2.00 bits per heavy atom. The molecular weight excluding hydrogens is 334 g/mol. The lowest BCUT2D eigenvalue weighted by molar-refractivity contribution is -0.129. The summed E-state index contributed by atoms with van der Waals surface area (Å²) in [7, 11) is 0. The number of amides is 1. The number of nitrogens with zero attached hydrogens (tertiary/aromatic N) is 3. The molecule has 0 aliphatic heterocycles. The highest BCUT2D eigenvalue weighted by Crippen LogP contribution is 2.28. The molecular formula is C15H19N3OS3. The van der Waals surface area contributed by atoms with Gasteiger partial charge in [0.1, 0.15) is 0 Å². The van der Waals surface area contributed by atoms with Crippen LogP contribution < -0.4 is 0 Å². The zero-order chi connectivity index (χ0) is 16.1.